The van der Waals surface area contributed by atoms with E-state index in [9.17, 15) is 5.11 Å². The molecule has 0 aromatic rings. The van der Waals surface area contributed by atoms with Crippen LogP contribution >= 0.6 is 0 Å². The molecule has 2 unspecified atom stereocenters. The number of aliphatic hydroxyl groups excluding tert-OH is 1. The summed E-state index contributed by atoms with van der Waals surface area (Å²) in [5, 5.41) is 9.50. The highest BCUT2D eigenvalue weighted by Gasteiger charge is 2.20. The Morgan fingerprint density at radius 3 is 1.75 bits per heavy atom. The molecular formula is C21H42O3. The summed E-state index contributed by atoms with van der Waals surface area (Å²) < 4.78 is 11.1. The van der Waals surface area contributed by atoms with Crippen molar-refractivity contribution >= 4 is 0 Å². The summed E-state index contributed by atoms with van der Waals surface area (Å²) in [5.41, 5.74) is 0. The molecule has 0 bridgehead atoms. The number of hydrogen-bond donors (Lipinski definition) is 1. The van der Waals surface area contributed by atoms with Gasteiger partial charge in [0.1, 0.15) is 0 Å². The molecule has 1 aliphatic heterocycles. The van der Waals surface area contributed by atoms with Gasteiger partial charge in [0, 0.05) is 13.0 Å². The molecule has 144 valence electrons. The number of ether oxygens (including phenoxy) is 2. The summed E-state index contributed by atoms with van der Waals surface area (Å²) in [6.07, 6.45) is 19.9. The maximum Gasteiger partial charge on any atom is 0.0833 e. The molecule has 0 saturated carbocycles. The summed E-state index contributed by atoms with van der Waals surface area (Å²) in [6, 6.07) is 0. The minimum absolute atomic E-state index is 0.107. The molecule has 0 amide bonds. The Balaban J connectivity index is 1.70. The second-order valence-electron chi connectivity index (χ2n) is 7.52. The van der Waals surface area contributed by atoms with Gasteiger partial charge in [-0.3, -0.25) is 0 Å². The second kappa shape index (κ2) is 16.4. The van der Waals surface area contributed by atoms with Crippen molar-refractivity contribution in [2.24, 2.45) is 0 Å². The number of rotatable bonds is 16. The van der Waals surface area contributed by atoms with Crippen molar-refractivity contribution in [3.63, 3.8) is 0 Å². The maximum atomic E-state index is 9.50. The molecule has 24 heavy (non-hydrogen) atoms. The topological polar surface area (TPSA) is 38.7 Å². The van der Waals surface area contributed by atoms with Crippen molar-refractivity contribution < 1.29 is 14.6 Å². The van der Waals surface area contributed by atoms with Crippen LogP contribution in [0, 0.1) is 0 Å². The highest BCUT2D eigenvalue weighted by Crippen LogP contribution is 2.14. The molecule has 0 spiro atoms. The van der Waals surface area contributed by atoms with Crippen LogP contribution in [0.1, 0.15) is 103 Å². The highest BCUT2D eigenvalue weighted by atomic mass is 16.5. The fourth-order valence-electron chi connectivity index (χ4n) is 3.44. The van der Waals surface area contributed by atoms with E-state index in [-0.39, 0.29) is 12.2 Å². The van der Waals surface area contributed by atoms with E-state index in [0.717, 1.165) is 19.4 Å². The molecule has 1 saturated heterocycles. The molecule has 0 aromatic heterocycles. The molecule has 1 N–H and O–H groups in total. The smallest absolute Gasteiger partial charge is 0.0833 e. The lowest BCUT2D eigenvalue weighted by Crippen LogP contribution is -2.34. The van der Waals surface area contributed by atoms with E-state index in [1.165, 1.54) is 83.5 Å². The fraction of sp³-hybridized carbons (Fsp3) is 1.00. The molecule has 3 heteroatoms. The lowest BCUT2D eigenvalue weighted by atomic mass is 10.0. The summed E-state index contributed by atoms with van der Waals surface area (Å²) in [7, 11) is 0. The zero-order valence-corrected chi connectivity index (χ0v) is 16.1. The minimum Gasteiger partial charge on any atom is -0.391 e. The first-order valence-corrected chi connectivity index (χ1v) is 10.7. The van der Waals surface area contributed by atoms with E-state index in [0.29, 0.717) is 13.2 Å². The van der Waals surface area contributed by atoms with Crippen molar-refractivity contribution in [3.8, 4) is 0 Å². The zero-order valence-electron chi connectivity index (χ0n) is 16.1. The van der Waals surface area contributed by atoms with E-state index in [1.807, 2.05) is 0 Å². The third-order valence-corrected chi connectivity index (χ3v) is 5.00. The van der Waals surface area contributed by atoms with E-state index >= 15 is 0 Å². The van der Waals surface area contributed by atoms with Crippen LogP contribution in [0.3, 0.4) is 0 Å². The summed E-state index contributed by atoms with van der Waals surface area (Å²) in [5.74, 6) is 0. The van der Waals surface area contributed by atoms with Crippen molar-refractivity contribution in [1.82, 2.24) is 0 Å². The average Bonchev–Trinajstić information content (AvgIpc) is 2.58. The van der Waals surface area contributed by atoms with E-state index < -0.39 is 0 Å². The quantitative estimate of drug-likeness (QED) is 0.369. The number of hydrogen-bond acceptors (Lipinski definition) is 3. The molecule has 0 aliphatic carbocycles. The van der Waals surface area contributed by atoms with Gasteiger partial charge in [-0.2, -0.15) is 0 Å². The standard InChI is InChI=1S/C21H42O3/c1-2-3-4-5-6-7-8-9-10-11-12-13-14-15-16-24-21-17-20(22)18-23-19-21/h20-22H,2-19H2,1H3. The molecule has 2 atom stereocenters. The third-order valence-electron chi connectivity index (χ3n) is 5.00. The van der Waals surface area contributed by atoms with E-state index in [4.69, 9.17) is 9.47 Å². The SMILES string of the molecule is CCCCCCCCCCCCCCCCOC1COCC(O)C1. The second-order valence-corrected chi connectivity index (χ2v) is 7.52. The van der Waals surface area contributed by atoms with Gasteiger partial charge in [-0.15, -0.1) is 0 Å². The van der Waals surface area contributed by atoms with Gasteiger partial charge in [0.25, 0.3) is 0 Å². The van der Waals surface area contributed by atoms with Gasteiger partial charge in [-0.05, 0) is 6.42 Å². The summed E-state index contributed by atoms with van der Waals surface area (Å²) in [4.78, 5) is 0. The van der Waals surface area contributed by atoms with Crippen LogP contribution in [-0.2, 0) is 9.47 Å². The van der Waals surface area contributed by atoms with Crippen molar-refractivity contribution in [2.75, 3.05) is 19.8 Å². The zero-order chi connectivity index (χ0) is 17.3. The van der Waals surface area contributed by atoms with Crippen LogP contribution in [-0.4, -0.2) is 37.1 Å². The van der Waals surface area contributed by atoms with Gasteiger partial charge >= 0.3 is 0 Å². The Morgan fingerprint density at radius 2 is 1.25 bits per heavy atom. The molecule has 0 aromatic carbocycles. The number of unbranched alkanes of at least 4 members (excludes halogenated alkanes) is 13. The van der Waals surface area contributed by atoms with Gasteiger partial charge in [-0.25, -0.2) is 0 Å². The van der Waals surface area contributed by atoms with Gasteiger partial charge in [0.2, 0.25) is 0 Å². The molecule has 1 aliphatic rings. The van der Waals surface area contributed by atoms with Crippen LogP contribution in [0.15, 0.2) is 0 Å². The third kappa shape index (κ3) is 13.2. The highest BCUT2D eigenvalue weighted by molar-refractivity contribution is 4.69. The Kier molecular flexibility index (Phi) is 14.9. The first-order valence-electron chi connectivity index (χ1n) is 10.7. The molecular weight excluding hydrogens is 300 g/mol. The van der Waals surface area contributed by atoms with Crippen LogP contribution in [0.25, 0.3) is 0 Å². The molecule has 3 nitrogen and oxygen atoms in total. The lowest BCUT2D eigenvalue weighted by Gasteiger charge is -2.26. The number of aliphatic hydroxyl groups is 1. The lowest BCUT2D eigenvalue weighted by molar-refractivity contribution is -0.0989. The van der Waals surface area contributed by atoms with Crippen molar-refractivity contribution in [2.45, 2.75) is 115 Å². The monoisotopic (exact) mass is 342 g/mol. The first kappa shape index (κ1) is 21.9. The molecule has 0 radical (unpaired) electrons. The van der Waals surface area contributed by atoms with Crippen molar-refractivity contribution in [1.29, 1.82) is 0 Å². The first-order chi connectivity index (χ1) is 11.8. The van der Waals surface area contributed by atoms with Crippen LogP contribution in [0.2, 0.25) is 0 Å². The fourth-order valence-corrected chi connectivity index (χ4v) is 3.44. The van der Waals surface area contributed by atoms with Gasteiger partial charge in [0.05, 0.1) is 25.4 Å². The maximum absolute atomic E-state index is 9.50. The largest absolute Gasteiger partial charge is 0.391 e. The van der Waals surface area contributed by atoms with Gasteiger partial charge in [-0.1, -0.05) is 90.4 Å². The van der Waals surface area contributed by atoms with Gasteiger partial charge < -0.3 is 14.6 Å². The van der Waals surface area contributed by atoms with Crippen LogP contribution < -0.4 is 0 Å². The Morgan fingerprint density at radius 1 is 0.750 bits per heavy atom. The average molecular weight is 343 g/mol. The van der Waals surface area contributed by atoms with Crippen LogP contribution in [0.5, 0.6) is 0 Å². The Labute approximate surface area is 150 Å². The van der Waals surface area contributed by atoms with E-state index in [2.05, 4.69) is 6.92 Å². The van der Waals surface area contributed by atoms with Crippen molar-refractivity contribution in [3.05, 3.63) is 0 Å². The van der Waals surface area contributed by atoms with Gasteiger partial charge in [0.15, 0.2) is 0 Å². The Hall–Kier alpha value is -0.120. The predicted molar refractivity (Wildman–Crippen MR) is 101 cm³/mol. The summed E-state index contributed by atoms with van der Waals surface area (Å²) in [6.45, 7) is 4.22. The Bertz CT molecular complexity index is 257. The van der Waals surface area contributed by atoms with E-state index in [1.54, 1.807) is 0 Å². The molecule has 1 rings (SSSR count). The normalized spacial score (nSPS) is 21.2. The van der Waals surface area contributed by atoms with Crippen LogP contribution in [0.4, 0.5) is 0 Å². The molecule has 1 heterocycles. The summed E-state index contributed by atoms with van der Waals surface area (Å²) >= 11 is 0. The minimum atomic E-state index is -0.333. The molecule has 1 fully saturated rings. The predicted octanol–water partition coefficient (Wildman–Crippen LogP) is 5.63.